The van der Waals surface area contributed by atoms with Crippen molar-refractivity contribution in [3.05, 3.63) is 23.7 Å². The van der Waals surface area contributed by atoms with Gasteiger partial charge >= 0.3 is 0 Å². The molecule has 2 N–H and O–H groups in total. The highest BCUT2D eigenvalue weighted by molar-refractivity contribution is 7.16. The zero-order valence-electron chi connectivity index (χ0n) is 16.4. The third-order valence-electron chi connectivity index (χ3n) is 6.03. The molecule has 158 valence electrons. The molecule has 0 aliphatic heterocycles. The van der Waals surface area contributed by atoms with Crippen LogP contribution in [0.1, 0.15) is 45.4 Å². The Kier molecular flexibility index (Phi) is 6.29. The van der Waals surface area contributed by atoms with Crippen LogP contribution in [0.25, 0.3) is 10.2 Å². The molecule has 0 spiro atoms. The van der Waals surface area contributed by atoms with Crippen LogP contribution in [0.4, 0.5) is 8.78 Å². The average molecular weight is 424 g/mol. The van der Waals surface area contributed by atoms with E-state index in [1.165, 1.54) is 6.92 Å². The second kappa shape index (κ2) is 8.92. The molecular formula is C21H27F2N3O2S. The predicted octanol–water partition coefficient (Wildman–Crippen LogP) is 4.12. The zero-order chi connectivity index (χ0) is 20.4. The minimum Gasteiger partial charge on any atom is -0.488 e. The lowest BCUT2D eigenvalue weighted by molar-refractivity contribution is -0.131. The molecule has 4 rings (SSSR count). The van der Waals surface area contributed by atoms with Gasteiger partial charge in [0.05, 0.1) is 16.3 Å². The molecule has 1 unspecified atom stereocenters. The monoisotopic (exact) mass is 423 g/mol. The number of amides is 1. The van der Waals surface area contributed by atoms with Crippen molar-refractivity contribution < 1.29 is 18.3 Å². The highest BCUT2D eigenvalue weighted by atomic mass is 32.1. The van der Waals surface area contributed by atoms with Crippen LogP contribution in [0.15, 0.2) is 23.7 Å². The molecule has 0 saturated heterocycles. The van der Waals surface area contributed by atoms with Crippen LogP contribution in [0.5, 0.6) is 5.75 Å². The van der Waals surface area contributed by atoms with E-state index in [0.29, 0.717) is 0 Å². The Bertz CT molecular complexity index is 832. The van der Waals surface area contributed by atoms with Gasteiger partial charge < -0.3 is 15.4 Å². The Morgan fingerprint density at radius 2 is 1.93 bits per heavy atom. The van der Waals surface area contributed by atoms with Crippen LogP contribution in [0.3, 0.4) is 0 Å². The maximum atomic E-state index is 12.7. The summed E-state index contributed by atoms with van der Waals surface area (Å²) in [5.41, 5.74) is 2.70. The standard InChI is InChI=1S/C21H27F2N3O2S/c1-12(20(22)23)25-14-5-7-15(8-6-14)26-21(27)13-9-16(10-13)28-17-3-2-4-18-19(17)24-11-29-18/h2-4,11-16,20,25H,5-10H2,1H3,(H,26,27). The van der Waals surface area contributed by atoms with Gasteiger partial charge in [-0.15, -0.1) is 11.3 Å². The van der Waals surface area contributed by atoms with Crippen molar-refractivity contribution in [3.8, 4) is 5.75 Å². The first-order valence-electron chi connectivity index (χ1n) is 10.3. The van der Waals surface area contributed by atoms with Crippen molar-refractivity contribution in [3.63, 3.8) is 0 Å². The number of para-hydroxylation sites is 1. The molecule has 1 amide bonds. The van der Waals surface area contributed by atoms with E-state index in [0.717, 1.165) is 54.5 Å². The number of benzene rings is 1. The number of carbonyl (C=O) groups excluding carboxylic acids is 1. The summed E-state index contributed by atoms with van der Waals surface area (Å²) in [7, 11) is 0. The lowest BCUT2D eigenvalue weighted by Gasteiger charge is -2.37. The SMILES string of the molecule is CC(NC1CCC(NC(=O)C2CC(Oc3cccc4scnc34)C2)CC1)C(F)F. The maximum absolute atomic E-state index is 12.7. The third kappa shape index (κ3) is 4.86. The predicted molar refractivity (Wildman–Crippen MR) is 110 cm³/mol. The number of alkyl halides is 2. The van der Waals surface area contributed by atoms with Gasteiger partial charge in [0, 0.05) is 18.0 Å². The quantitative estimate of drug-likeness (QED) is 0.703. The molecule has 2 saturated carbocycles. The summed E-state index contributed by atoms with van der Waals surface area (Å²) in [6.45, 7) is 1.52. The Balaban J connectivity index is 1.18. The summed E-state index contributed by atoms with van der Waals surface area (Å²) < 4.78 is 32.5. The highest BCUT2D eigenvalue weighted by Crippen LogP contribution is 2.35. The number of hydrogen-bond acceptors (Lipinski definition) is 5. The number of carbonyl (C=O) groups is 1. The van der Waals surface area contributed by atoms with Gasteiger partial charge in [-0.2, -0.15) is 0 Å². The van der Waals surface area contributed by atoms with E-state index in [-0.39, 0.29) is 30.0 Å². The molecule has 2 fully saturated rings. The number of hydrogen-bond donors (Lipinski definition) is 2. The number of nitrogens with zero attached hydrogens (tertiary/aromatic N) is 1. The molecule has 1 aromatic heterocycles. The number of aromatic nitrogens is 1. The Hall–Kier alpha value is -1.80. The summed E-state index contributed by atoms with van der Waals surface area (Å²) in [4.78, 5) is 16.9. The Morgan fingerprint density at radius 1 is 1.21 bits per heavy atom. The van der Waals surface area contributed by atoms with Crippen LogP contribution in [0, 0.1) is 5.92 Å². The molecule has 1 heterocycles. The largest absolute Gasteiger partial charge is 0.488 e. The molecule has 2 aliphatic rings. The smallest absolute Gasteiger partial charge is 0.253 e. The molecule has 8 heteroatoms. The fourth-order valence-corrected chi connectivity index (χ4v) is 4.87. The topological polar surface area (TPSA) is 63.2 Å². The van der Waals surface area contributed by atoms with Crippen molar-refractivity contribution in [1.29, 1.82) is 0 Å². The number of rotatable bonds is 7. The van der Waals surface area contributed by atoms with Crippen molar-refractivity contribution in [1.82, 2.24) is 15.6 Å². The van der Waals surface area contributed by atoms with E-state index in [4.69, 9.17) is 4.74 Å². The van der Waals surface area contributed by atoms with Crippen molar-refractivity contribution in [2.24, 2.45) is 5.92 Å². The number of thiazole rings is 1. The van der Waals surface area contributed by atoms with E-state index in [1.54, 1.807) is 11.3 Å². The van der Waals surface area contributed by atoms with Crippen LogP contribution in [-0.2, 0) is 4.79 Å². The Labute approximate surface area is 173 Å². The highest BCUT2D eigenvalue weighted by Gasteiger charge is 2.37. The molecular weight excluding hydrogens is 396 g/mol. The van der Waals surface area contributed by atoms with Gasteiger partial charge in [0.15, 0.2) is 0 Å². The maximum Gasteiger partial charge on any atom is 0.253 e. The summed E-state index contributed by atoms with van der Waals surface area (Å²) in [5.74, 6) is 0.870. The fraction of sp³-hybridized carbons (Fsp3) is 0.619. The third-order valence-corrected chi connectivity index (χ3v) is 6.83. The number of ether oxygens (including phenoxy) is 1. The van der Waals surface area contributed by atoms with Gasteiger partial charge in [0.1, 0.15) is 17.4 Å². The average Bonchev–Trinajstić information content (AvgIpc) is 3.15. The van der Waals surface area contributed by atoms with Gasteiger partial charge in [-0.3, -0.25) is 4.79 Å². The van der Waals surface area contributed by atoms with Crippen LogP contribution >= 0.6 is 11.3 Å². The second-order valence-corrected chi connectivity index (χ2v) is 9.10. The van der Waals surface area contributed by atoms with E-state index >= 15 is 0 Å². The molecule has 2 aromatic rings. The first kappa shape index (κ1) is 20.5. The van der Waals surface area contributed by atoms with E-state index in [2.05, 4.69) is 15.6 Å². The van der Waals surface area contributed by atoms with Crippen LogP contribution < -0.4 is 15.4 Å². The molecule has 1 atom stereocenters. The molecule has 0 bridgehead atoms. The summed E-state index contributed by atoms with van der Waals surface area (Å²) >= 11 is 1.59. The number of nitrogens with one attached hydrogen (secondary N) is 2. The first-order valence-corrected chi connectivity index (χ1v) is 11.2. The first-order chi connectivity index (χ1) is 14.0. The fourth-order valence-electron chi connectivity index (χ4n) is 4.18. The minimum absolute atomic E-state index is 0.00987. The molecule has 0 radical (unpaired) electrons. The van der Waals surface area contributed by atoms with Gasteiger partial charge in [0.2, 0.25) is 5.91 Å². The summed E-state index contributed by atoms with van der Waals surface area (Å²) in [6.07, 6.45) is 2.43. The van der Waals surface area contributed by atoms with Gasteiger partial charge in [-0.1, -0.05) is 6.07 Å². The van der Waals surface area contributed by atoms with Crippen molar-refractivity contribution in [2.45, 2.75) is 76.1 Å². The van der Waals surface area contributed by atoms with E-state index in [1.807, 2.05) is 23.7 Å². The Morgan fingerprint density at radius 3 is 2.66 bits per heavy atom. The number of fused-ring (bicyclic) bond motifs is 1. The molecule has 1 aromatic carbocycles. The molecule has 29 heavy (non-hydrogen) atoms. The second-order valence-electron chi connectivity index (χ2n) is 8.21. The van der Waals surface area contributed by atoms with Gasteiger partial charge in [0.25, 0.3) is 6.43 Å². The number of halogens is 2. The van der Waals surface area contributed by atoms with Crippen LogP contribution in [-0.4, -0.2) is 41.5 Å². The molecule has 2 aliphatic carbocycles. The van der Waals surface area contributed by atoms with E-state index < -0.39 is 12.5 Å². The lowest BCUT2D eigenvalue weighted by Crippen LogP contribution is -2.49. The minimum atomic E-state index is -2.34. The summed E-state index contributed by atoms with van der Waals surface area (Å²) in [6, 6.07) is 5.39. The summed E-state index contributed by atoms with van der Waals surface area (Å²) in [5, 5.41) is 6.14. The van der Waals surface area contributed by atoms with E-state index in [9.17, 15) is 13.6 Å². The molecule has 5 nitrogen and oxygen atoms in total. The van der Waals surface area contributed by atoms with Gasteiger partial charge in [-0.05, 0) is 57.6 Å². The normalized spacial score (nSPS) is 28.1. The van der Waals surface area contributed by atoms with Crippen LogP contribution in [0.2, 0.25) is 0 Å². The lowest BCUT2D eigenvalue weighted by atomic mass is 9.81. The zero-order valence-corrected chi connectivity index (χ0v) is 17.3. The van der Waals surface area contributed by atoms with Crippen molar-refractivity contribution in [2.75, 3.05) is 0 Å². The van der Waals surface area contributed by atoms with Crippen molar-refractivity contribution >= 4 is 27.5 Å². The van der Waals surface area contributed by atoms with Gasteiger partial charge in [-0.25, -0.2) is 13.8 Å².